The van der Waals surface area contributed by atoms with Crippen molar-refractivity contribution in [2.45, 2.75) is 38.0 Å². The topological polar surface area (TPSA) is 46.3 Å². The fraction of sp³-hybridized carbons (Fsp3) is 0.588. The normalized spacial score (nSPS) is 20.1. The summed E-state index contributed by atoms with van der Waals surface area (Å²) in [6, 6.07) is 8.58. The van der Waals surface area contributed by atoms with E-state index < -0.39 is 0 Å². The second kappa shape index (κ2) is 5.96. The third-order valence-corrected chi connectivity index (χ3v) is 4.59. The van der Waals surface area contributed by atoms with E-state index in [2.05, 4.69) is 24.3 Å². The van der Waals surface area contributed by atoms with Gasteiger partial charge in [0.2, 0.25) is 5.91 Å². The summed E-state index contributed by atoms with van der Waals surface area (Å²) in [4.78, 5) is 14.5. The fourth-order valence-corrected chi connectivity index (χ4v) is 3.25. The Bertz CT molecular complexity index is 476. The van der Waals surface area contributed by atoms with E-state index in [1.54, 1.807) is 0 Å². The van der Waals surface area contributed by atoms with E-state index >= 15 is 0 Å². The van der Waals surface area contributed by atoms with Crippen molar-refractivity contribution >= 4 is 5.91 Å². The van der Waals surface area contributed by atoms with Crippen LogP contribution in [-0.4, -0.2) is 30.4 Å². The van der Waals surface area contributed by atoms with Crippen molar-refractivity contribution in [3.8, 4) is 0 Å². The lowest BCUT2D eigenvalue weighted by atomic mass is 9.92. The number of likely N-dealkylation sites (tertiary alicyclic amines) is 1. The van der Waals surface area contributed by atoms with E-state index in [-0.39, 0.29) is 11.8 Å². The molecule has 3 heteroatoms. The molecule has 3 nitrogen and oxygen atoms in total. The summed E-state index contributed by atoms with van der Waals surface area (Å²) < 4.78 is 0. The molecule has 20 heavy (non-hydrogen) atoms. The minimum atomic E-state index is -0.0481. The Morgan fingerprint density at radius 3 is 2.60 bits per heavy atom. The van der Waals surface area contributed by atoms with Crippen molar-refractivity contribution in [2.24, 2.45) is 11.7 Å². The van der Waals surface area contributed by atoms with Gasteiger partial charge >= 0.3 is 0 Å². The van der Waals surface area contributed by atoms with Crippen LogP contribution >= 0.6 is 0 Å². The molecule has 0 spiro atoms. The standard InChI is InChI=1S/C17H24N2O/c18-12-15(17(20)19-9-3-4-10-19)11-14-5-1-2-6-16(14)13-7-8-13/h1-2,5-6,13,15H,3-4,7-12,18H2. The van der Waals surface area contributed by atoms with Gasteiger partial charge < -0.3 is 10.6 Å². The summed E-state index contributed by atoms with van der Waals surface area (Å²) in [6.07, 6.45) is 5.68. The Morgan fingerprint density at radius 1 is 1.25 bits per heavy atom. The van der Waals surface area contributed by atoms with Crippen molar-refractivity contribution in [1.82, 2.24) is 4.90 Å². The Balaban J connectivity index is 1.72. The highest BCUT2D eigenvalue weighted by molar-refractivity contribution is 5.79. The van der Waals surface area contributed by atoms with Crippen LogP contribution in [0.1, 0.15) is 42.7 Å². The molecule has 1 aliphatic carbocycles. The predicted molar refractivity (Wildman–Crippen MR) is 80.5 cm³/mol. The third kappa shape index (κ3) is 2.88. The summed E-state index contributed by atoms with van der Waals surface area (Å²) in [6.45, 7) is 2.29. The van der Waals surface area contributed by atoms with Crippen molar-refractivity contribution in [3.05, 3.63) is 35.4 Å². The third-order valence-electron chi connectivity index (χ3n) is 4.59. The van der Waals surface area contributed by atoms with E-state index in [1.807, 2.05) is 4.90 Å². The second-order valence-electron chi connectivity index (χ2n) is 6.14. The molecule has 2 N–H and O–H groups in total. The van der Waals surface area contributed by atoms with Crippen LogP contribution in [-0.2, 0) is 11.2 Å². The lowest BCUT2D eigenvalue weighted by molar-refractivity contribution is -0.134. The Hall–Kier alpha value is -1.35. The van der Waals surface area contributed by atoms with Crippen molar-refractivity contribution in [2.75, 3.05) is 19.6 Å². The molecule has 3 rings (SSSR count). The maximum atomic E-state index is 12.5. The highest BCUT2D eigenvalue weighted by atomic mass is 16.2. The van der Waals surface area contributed by atoms with Gasteiger partial charge in [-0.2, -0.15) is 0 Å². The molecule has 0 aromatic heterocycles. The number of carbonyl (C=O) groups excluding carboxylic acids is 1. The zero-order valence-electron chi connectivity index (χ0n) is 12.1. The molecule has 108 valence electrons. The van der Waals surface area contributed by atoms with Crippen LogP contribution in [0.2, 0.25) is 0 Å². The van der Waals surface area contributed by atoms with Crippen molar-refractivity contribution in [1.29, 1.82) is 0 Å². The smallest absolute Gasteiger partial charge is 0.227 e. The van der Waals surface area contributed by atoms with Gasteiger partial charge in [0.05, 0.1) is 5.92 Å². The second-order valence-corrected chi connectivity index (χ2v) is 6.14. The fourth-order valence-electron chi connectivity index (χ4n) is 3.25. The average molecular weight is 272 g/mol. The molecular formula is C17H24N2O. The lowest BCUT2D eigenvalue weighted by Gasteiger charge is -2.23. The van der Waals surface area contributed by atoms with Crippen molar-refractivity contribution in [3.63, 3.8) is 0 Å². The first-order valence-corrected chi connectivity index (χ1v) is 7.86. The van der Waals surface area contributed by atoms with Crippen LogP contribution in [0, 0.1) is 5.92 Å². The first-order valence-electron chi connectivity index (χ1n) is 7.86. The molecule has 1 saturated carbocycles. The molecule has 1 heterocycles. The monoisotopic (exact) mass is 272 g/mol. The van der Waals surface area contributed by atoms with E-state index in [0.29, 0.717) is 6.54 Å². The summed E-state index contributed by atoms with van der Waals surface area (Å²) >= 11 is 0. The Kier molecular flexibility index (Phi) is 4.06. The van der Waals surface area contributed by atoms with Crippen LogP contribution in [0.15, 0.2) is 24.3 Å². The maximum absolute atomic E-state index is 12.5. The van der Waals surface area contributed by atoms with Crippen LogP contribution in [0.3, 0.4) is 0 Å². The Morgan fingerprint density at radius 2 is 1.95 bits per heavy atom. The SMILES string of the molecule is NCC(Cc1ccccc1C1CC1)C(=O)N1CCCC1. The van der Waals surface area contributed by atoms with Gasteiger partial charge in [0.25, 0.3) is 0 Å². The van der Waals surface area contributed by atoms with Gasteiger partial charge in [-0.3, -0.25) is 4.79 Å². The molecule has 1 amide bonds. The molecule has 0 radical (unpaired) electrons. The highest BCUT2D eigenvalue weighted by Gasteiger charge is 2.29. The molecule has 2 aliphatic rings. The van der Waals surface area contributed by atoms with Gasteiger partial charge in [-0.25, -0.2) is 0 Å². The quantitative estimate of drug-likeness (QED) is 0.894. The van der Waals surface area contributed by atoms with Crippen LogP contribution < -0.4 is 5.73 Å². The molecular weight excluding hydrogens is 248 g/mol. The molecule has 1 aromatic rings. The van der Waals surface area contributed by atoms with Gasteiger partial charge in [0, 0.05) is 19.6 Å². The van der Waals surface area contributed by atoms with E-state index in [4.69, 9.17) is 5.73 Å². The first-order chi connectivity index (χ1) is 9.79. The molecule has 1 aromatic carbocycles. The summed E-state index contributed by atoms with van der Waals surface area (Å²) in [5.74, 6) is 0.940. The minimum absolute atomic E-state index is 0.0481. The summed E-state index contributed by atoms with van der Waals surface area (Å²) in [5, 5.41) is 0. The van der Waals surface area contributed by atoms with E-state index in [9.17, 15) is 4.79 Å². The average Bonchev–Trinajstić information content (AvgIpc) is 3.18. The number of amides is 1. The van der Waals surface area contributed by atoms with Gasteiger partial charge in [0.15, 0.2) is 0 Å². The molecule has 0 bridgehead atoms. The van der Waals surface area contributed by atoms with Crippen LogP contribution in [0.5, 0.6) is 0 Å². The van der Waals surface area contributed by atoms with E-state index in [1.165, 1.54) is 24.0 Å². The number of nitrogens with two attached hydrogens (primary N) is 1. The minimum Gasteiger partial charge on any atom is -0.342 e. The van der Waals surface area contributed by atoms with Crippen molar-refractivity contribution < 1.29 is 4.79 Å². The molecule has 1 atom stereocenters. The zero-order valence-corrected chi connectivity index (χ0v) is 12.1. The van der Waals surface area contributed by atoms with Gasteiger partial charge in [-0.05, 0) is 49.1 Å². The predicted octanol–water partition coefficient (Wildman–Crippen LogP) is 2.30. The van der Waals surface area contributed by atoms with Gasteiger partial charge in [-0.15, -0.1) is 0 Å². The van der Waals surface area contributed by atoms with E-state index in [0.717, 1.165) is 38.3 Å². The molecule has 2 fully saturated rings. The molecule has 1 unspecified atom stereocenters. The van der Waals surface area contributed by atoms with Crippen LogP contribution in [0.25, 0.3) is 0 Å². The van der Waals surface area contributed by atoms with Crippen LogP contribution in [0.4, 0.5) is 0 Å². The largest absolute Gasteiger partial charge is 0.342 e. The van der Waals surface area contributed by atoms with Gasteiger partial charge in [-0.1, -0.05) is 24.3 Å². The van der Waals surface area contributed by atoms with Gasteiger partial charge in [0.1, 0.15) is 0 Å². The number of nitrogens with zero attached hydrogens (tertiary/aromatic N) is 1. The summed E-state index contributed by atoms with van der Waals surface area (Å²) in [7, 11) is 0. The molecule has 1 aliphatic heterocycles. The first kappa shape index (κ1) is 13.6. The highest BCUT2D eigenvalue weighted by Crippen LogP contribution is 2.42. The number of carbonyl (C=O) groups is 1. The molecule has 1 saturated heterocycles. The number of hydrogen-bond donors (Lipinski definition) is 1. The summed E-state index contributed by atoms with van der Waals surface area (Å²) in [5.41, 5.74) is 8.66. The Labute approximate surface area is 121 Å². The maximum Gasteiger partial charge on any atom is 0.227 e. The lowest BCUT2D eigenvalue weighted by Crippen LogP contribution is -2.38. The number of hydrogen-bond acceptors (Lipinski definition) is 2. The number of benzene rings is 1. The number of rotatable bonds is 5. The zero-order chi connectivity index (χ0) is 13.9.